The maximum atomic E-state index is 12.0. The molecule has 2 unspecified atom stereocenters. The van der Waals surface area contributed by atoms with Crippen molar-refractivity contribution in [1.82, 2.24) is 5.32 Å². The Labute approximate surface area is 132 Å². The van der Waals surface area contributed by atoms with Gasteiger partial charge in [0, 0.05) is 22.1 Å². The van der Waals surface area contributed by atoms with Gasteiger partial charge >= 0.3 is 5.97 Å². The lowest BCUT2D eigenvalue weighted by Gasteiger charge is -2.27. The molecule has 1 aromatic rings. The van der Waals surface area contributed by atoms with Crippen LogP contribution in [0.2, 0.25) is 5.02 Å². The normalized spacial score (nSPS) is 18.7. The van der Waals surface area contributed by atoms with E-state index in [1.807, 2.05) is 18.2 Å². The molecule has 1 aromatic carbocycles. The first-order chi connectivity index (χ1) is 9.97. The molecule has 7 heteroatoms. The Morgan fingerprint density at radius 2 is 2.29 bits per heavy atom. The number of thioether (sulfide) groups is 1. The highest BCUT2D eigenvalue weighted by Gasteiger charge is 2.25. The molecule has 1 amide bonds. The lowest BCUT2D eigenvalue weighted by atomic mass is 10.0. The average molecular weight is 329 g/mol. The largest absolute Gasteiger partial charge is 0.481 e. The van der Waals surface area contributed by atoms with Crippen LogP contribution < -0.4 is 11.1 Å². The van der Waals surface area contributed by atoms with Gasteiger partial charge in [0.2, 0.25) is 5.91 Å². The van der Waals surface area contributed by atoms with Gasteiger partial charge < -0.3 is 16.2 Å². The number of fused-ring (bicyclic) bond motifs is 1. The van der Waals surface area contributed by atoms with Crippen LogP contribution in [-0.2, 0) is 9.59 Å². The van der Waals surface area contributed by atoms with Crippen LogP contribution in [0.1, 0.15) is 30.9 Å². The highest BCUT2D eigenvalue weighted by molar-refractivity contribution is 7.99. The number of carbonyl (C=O) groups excluding carboxylic acids is 1. The number of benzene rings is 1. The van der Waals surface area contributed by atoms with E-state index in [1.54, 1.807) is 11.8 Å². The Morgan fingerprint density at radius 3 is 3.00 bits per heavy atom. The van der Waals surface area contributed by atoms with Crippen LogP contribution in [0.15, 0.2) is 23.1 Å². The summed E-state index contributed by atoms with van der Waals surface area (Å²) in [5.74, 6) is -0.368. The van der Waals surface area contributed by atoms with Gasteiger partial charge in [0.15, 0.2) is 0 Å². The predicted octanol–water partition coefficient (Wildman–Crippen LogP) is 2.19. The molecule has 0 saturated heterocycles. The molecule has 4 N–H and O–H groups in total. The van der Waals surface area contributed by atoms with Gasteiger partial charge in [0.05, 0.1) is 12.1 Å². The Hall–Kier alpha value is -1.24. The maximum absolute atomic E-state index is 12.0. The van der Waals surface area contributed by atoms with Crippen molar-refractivity contribution in [2.45, 2.75) is 36.2 Å². The van der Waals surface area contributed by atoms with Crippen LogP contribution in [0.4, 0.5) is 0 Å². The lowest BCUT2D eigenvalue weighted by Crippen LogP contribution is -2.43. The molecule has 5 nitrogen and oxygen atoms in total. The summed E-state index contributed by atoms with van der Waals surface area (Å²) in [6.07, 6.45) is 0.817. The molecule has 21 heavy (non-hydrogen) atoms. The lowest BCUT2D eigenvalue weighted by molar-refractivity contribution is -0.137. The van der Waals surface area contributed by atoms with Crippen LogP contribution in [0, 0.1) is 0 Å². The molecule has 1 aliphatic rings. The zero-order valence-electron chi connectivity index (χ0n) is 11.3. The first-order valence-corrected chi connectivity index (χ1v) is 8.03. The summed E-state index contributed by atoms with van der Waals surface area (Å²) in [6.45, 7) is 0. The number of amides is 1. The van der Waals surface area contributed by atoms with Gasteiger partial charge in [-0.15, -0.1) is 11.8 Å². The van der Waals surface area contributed by atoms with Gasteiger partial charge in [-0.2, -0.15) is 0 Å². The first-order valence-electron chi connectivity index (χ1n) is 6.67. The number of aliphatic carboxylic acids is 1. The molecule has 0 aromatic heterocycles. The second-order valence-electron chi connectivity index (χ2n) is 4.92. The summed E-state index contributed by atoms with van der Waals surface area (Å²) in [5, 5.41) is 12.1. The summed E-state index contributed by atoms with van der Waals surface area (Å²) in [4.78, 5) is 23.7. The van der Waals surface area contributed by atoms with Gasteiger partial charge in [-0.1, -0.05) is 11.6 Å². The smallest absolute Gasteiger partial charge is 0.303 e. The third-order valence-corrected chi connectivity index (χ3v) is 4.69. The van der Waals surface area contributed by atoms with Gasteiger partial charge in [0.25, 0.3) is 0 Å². The van der Waals surface area contributed by atoms with Crippen molar-refractivity contribution >= 4 is 35.2 Å². The molecule has 0 spiro atoms. The molecule has 114 valence electrons. The number of carboxylic acids is 1. The van der Waals surface area contributed by atoms with E-state index >= 15 is 0 Å². The maximum Gasteiger partial charge on any atom is 0.303 e. The van der Waals surface area contributed by atoms with Gasteiger partial charge in [-0.05, 0) is 36.6 Å². The zero-order valence-corrected chi connectivity index (χ0v) is 12.9. The molecular formula is C14H17ClN2O3S. The van der Waals surface area contributed by atoms with Crippen LogP contribution in [0.3, 0.4) is 0 Å². The van der Waals surface area contributed by atoms with Crippen molar-refractivity contribution in [3.05, 3.63) is 28.8 Å². The van der Waals surface area contributed by atoms with Gasteiger partial charge in [0.1, 0.15) is 0 Å². The zero-order chi connectivity index (χ0) is 15.4. The van der Waals surface area contributed by atoms with Crippen molar-refractivity contribution in [2.24, 2.45) is 5.73 Å². The summed E-state index contributed by atoms with van der Waals surface area (Å²) in [5.41, 5.74) is 6.72. The number of rotatable bonds is 5. The highest BCUT2D eigenvalue weighted by atomic mass is 35.5. The van der Waals surface area contributed by atoms with E-state index in [9.17, 15) is 9.59 Å². The Bertz CT molecular complexity index is 553. The Morgan fingerprint density at radius 1 is 1.52 bits per heavy atom. The predicted molar refractivity (Wildman–Crippen MR) is 82.5 cm³/mol. The van der Waals surface area contributed by atoms with Crippen LogP contribution >= 0.6 is 23.4 Å². The van der Waals surface area contributed by atoms with Crippen molar-refractivity contribution < 1.29 is 14.7 Å². The minimum Gasteiger partial charge on any atom is -0.481 e. The molecule has 0 saturated carbocycles. The van der Waals surface area contributed by atoms with E-state index in [4.69, 9.17) is 22.4 Å². The number of carboxylic acid groups (broad SMARTS) is 1. The molecule has 0 fully saturated rings. The molecule has 0 aliphatic carbocycles. The Kier molecular flexibility index (Phi) is 5.50. The molecule has 2 atom stereocenters. The quantitative estimate of drug-likeness (QED) is 0.770. The minimum absolute atomic E-state index is 0.114. The SMILES string of the molecule is NC(CCC(=O)O)C(=O)NC1CCSc2ccc(Cl)cc21. The average Bonchev–Trinajstić information content (AvgIpc) is 2.45. The number of nitrogens with one attached hydrogen (secondary N) is 1. The van der Waals surface area contributed by atoms with Crippen LogP contribution in [0.5, 0.6) is 0 Å². The van der Waals surface area contributed by atoms with Gasteiger partial charge in [-0.25, -0.2) is 0 Å². The van der Waals surface area contributed by atoms with E-state index < -0.39 is 12.0 Å². The molecule has 2 rings (SSSR count). The molecule has 0 bridgehead atoms. The summed E-state index contributed by atoms with van der Waals surface area (Å²) < 4.78 is 0. The third-order valence-electron chi connectivity index (χ3n) is 3.33. The second kappa shape index (κ2) is 7.15. The van der Waals surface area contributed by atoms with E-state index in [0.717, 1.165) is 22.6 Å². The monoisotopic (exact) mass is 328 g/mol. The van der Waals surface area contributed by atoms with Crippen molar-refractivity contribution in [3.63, 3.8) is 0 Å². The van der Waals surface area contributed by atoms with E-state index in [1.165, 1.54) is 0 Å². The fourth-order valence-electron chi connectivity index (χ4n) is 2.20. The van der Waals surface area contributed by atoms with Crippen LogP contribution in [0.25, 0.3) is 0 Å². The number of hydrogen-bond acceptors (Lipinski definition) is 4. The second-order valence-corrected chi connectivity index (χ2v) is 6.49. The number of carbonyl (C=O) groups is 2. The summed E-state index contributed by atoms with van der Waals surface area (Å²) >= 11 is 7.75. The molecular weight excluding hydrogens is 312 g/mol. The third kappa shape index (κ3) is 4.36. The first kappa shape index (κ1) is 16.1. The van der Waals surface area contributed by atoms with E-state index in [0.29, 0.717) is 5.02 Å². The number of halogens is 1. The van der Waals surface area contributed by atoms with Crippen LogP contribution in [-0.4, -0.2) is 28.8 Å². The molecule has 0 radical (unpaired) electrons. The standard InChI is InChI=1S/C14H17ClN2O3S/c15-8-1-3-12-9(7-8)11(5-6-21-12)17-14(20)10(16)2-4-13(18)19/h1,3,7,10-11H,2,4-6,16H2,(H,17,20)(H,18,19). The minimum atomic E-state index is -0.954. The van der Waals surface area contributed by atoms with Crippen molar-refractivity contribution in [1.29, 1.82) is 0 Å². The summed E-state index contributed by atoms with van der Waals surface area (Å²) in [7, 11) is 0. The fraction of sp³-hybridized carbons (Fsp3) is 0.429. The van der Waals surface area contributed by atoms with Crippen molar-refractivity contribution in [3.8, 4) is 0 Å². The topological polar surface area (TPSA) is 92.4 Å². The van der Waals surface area contributed by atoms with E-state index in [2.05, 4.69) is 5.32 Å². The number of nitrogens with two attached hydrogens (primary N) is 1. The molecule has 1 heterocycles. The van der Waals surface area contributed by atoms with Crippen molar-refractivity contribution in [2.75, 3.05) is 5.75 Å². The number of hydrogen-bond donors (Lipinski definition) is 3. The molecule has 1 aliphatic heterocycles. The highest BCUT2D eigenvalue weighted by Crippen LogP contribution is 2.37. The fourth-order valence-corrected chi connectivity index (χ4v) is 3.49. The van der Waals surface area contributed by atoms with E-state index in [-0.39, 0.29) is 24.8 Å². The van der Waals surface area contributed by atoms with Gasteiger partial charge in [-0.3, -0.25) is 9.59 Å². The Balaban J connectivity index is 2.02. The summed E-state index contributed by atoms with van der Waals surface area (Å²) in [6, 6.07) is 4.71.